The second-order valence-corrected chi connectivity index (χ2v) is 5.13. The molecule has 2 aromatic rings. The van der Waals surface area contributed by atoms with Crippen LogP contribution in [0.2, 0.25) is 5.02 Å². The van der Waals surface area contributed by atoms with E-state index in [1.165, 1.54) is 5.56 Å². The van der Waals surface area contributed by atoms with Crippen molar-refractivity contribution in [1.29, 1.82) is 0 Å². The first-order valence-electron chi connectivity index (χ1n) is 6.30. The molecule has 0 amide bonds. The minimum atomic E-state index is -0.541. The maximum Gasteiger partial charge on any atom is 0.0776 e. The molecule has 0 aliphatic rings. The lowest BCUT2D eigenvalue weighted by atomic mass is 10.1. The molecule has 1 atom stereocenters. The highest BCUT2D eigenvalue weighted by molar-refractivity contribution is 6.31. The van der Waals surface area contributed by atoms with Crippen molar-refractivity contribution < 1.29 is 5.11 Å². The van der Waals surface area contributed by atoms with Gasteiger partial charge in [0, 0.05) is 24.3 Å². The van der Waals surface area contributed by atoms with Gasteiger partial charge in [0.25, 0.3) is 0 Å². The second kappa shape index (κ2) is 6.09. The number of nitrogens with zero attached hydrogens (tertiary/aromatic N) is 1. The molecule has 2 rings (SSSR count). The zero-order chi connectivity index (χ0) is 13.8. The van der Waals surface area contributed by atoms with Crippen LogP contribution in [0.5, 0.6) is 0 Å². The molecule has 100 valence electrons. The first-order valence-corrected chi connectivity index (χ1v) is 6.68. The number of rotatable bonds is 4. The minimum absolute atomic E-state index is 0.541. The van der Waals surface area contributed by atoms with E-state index in [1.54, 1.807) is 6.92 Å². The third-order valence-electron chi connectivity index (χ3n) is 3.14. The van der Waals surface area contributed by atoms with E-state index in [-0.39, 0.29) is 0 Å². The van der Waals surface area contributed by atoms with Crippen molar-refractivity contribution in [3.63, 3.8) is 0 Å². The fourth-order valence-corrected chi connectivity index (χ4v) is 2.37. The SMILES string of the molecule is CC(O)c1ccc(N(C)Cc2ccccc2)cc1Cl. The Balaban J connectivity index is 2.16. The molecule has 1 N–H and O–H groups in total. The summed E-state index contributed by atoms with van der Waals surface area (Å²) in [7, 11) is 2.03. The van der Waals surface area contributed by atoms with Gasteiger partial charge in [0.15, 0.2) is 0 Å². The van der Waals surface area contributed by atoms with Crippen LogP contribution in [0.25, 0.3) is 0 Å². The highest BCUT2D eigenvalue weighted by atomic mass is 35.5. The Hall–Kier alpha value is -1.51. The predicted molar refractivity (Wildman–Crippen MR) is 80.6 cm³/mol. The topological polar surface area (TPSA) is 23.5 Å². The van der Waals surface area contributed by atoms with E-state index < -0.39 is 6.10 Å². The molecule has 2 nitrogen and oxygen atoms in total. The van der Waals surface area contributed by atoms with Crippen LogP contribution in [-0.4, -0.2) is 12.2 Å². The molecule has 0 radical (unpaired) electrons. The summed E-state index contributed by atoms with van der Waals surface area (Å²) in [5.74, 6) is 0. The lowest BCUT2D eigenvalue weighted by Crippen LogP contribution is -2.16. The summed E-state index contributed by atoms with van der Waals surface area (Å²) in [5, 5.41) is 10.2. The molecule has 0 aliphatic heterocycles. The average molecular weight is 276 g/mol. The largest absolute Gasteiger partial charge is 0.389 e. The van der Waals surface area contributed by atoms with Gasteiger partial charge in [-0.05, 0) is 30.2 Å². The van der Waals surface area contributed by atoms with Gasteiger partial charge in [0.2, 0.25) is 0 Å². The standard InChI is InChI=1S/C16H18ClNO/c1-12(19)15-9-8-14(10-16(15)17)18(2)11-13-6-4-3-5-7-13/h3-10,12,19H,11H2,1-2H3. The lowest BCUT2D eigenvalue weighted by Gasteiger charge is -2.21. The summed E-state index contributed by atoms with van der Waals surface area (Å²) >= 11 is 6.18. The maximum absolute atomic E-state index is 9.57. The summed E-state index contributed by atoms with van der Waals surface area (Å²) in [5.41, 5.74) is 3.05. The highest BCUT2D eigenvalue weighted by Crippen LogP contribution is 2.28. The smallest absolute Gasteiger partial charge is 0.0776 e. The number of hydrogen-bond donors (Lipinski definition) is 1. The number of anilines is 1. The van der Waals surface area contributed by atoms with Crippen LogP contribution in [-0.2, 0) is 6.54 Å². The van der Waals surface area contributed by atoms with E-state index in [4.69, 9.17) is 11.6 Å². The molecule has 0 bridgehead atoms. The van der Waals surface area contributed by atoms with Gasteiger partial charge in [0.1, 0.15) is 0 Å². The van der Waals surface area contributed by atoms with Crippen LogP contribution in [0.15, 0.2) is 48.5 Å². The third-order valence-corrected chi connectivity index (χ3v) is 3.46. The quantitative estimate of drug-likeness (QED) is 0.911. The average Bonchev–Trinajstić information content (AvgIpc) is 2.39. The molecule has 0 heterocycles. The van der Waals surface area contributed by atoms with Crippen LogP contribution in [0.3, 0.4) is 0 Å². The van der Waals surface area contributed by atoms with Gasteiger partial charge in [-0.15, -0.1) is 0 Å². The molecule has 0 aromatic heterocycles. The molecule has 19 heavy (non-hydrogen) atoms. The van der Waals surface area contributed by atoms with Crippen molar-refractivity contribution in [2.75, 3.05) is 11.9 Å². The summed E-state index contributed by atoms with van der Waals surface area (Å²) in [4.78, 5) is 2.13. The zero-order valence-corrected chi connectivity index (χ0v) is 11.9. The van der Waals surface area contributed by atoms with Gasteiger partial charge < -0.3 is 10.0 Å². The minimum Gasteiger partial charge on any atom is -0.389 e. The molecule has 0 fully saturated rings. The Morgan fingerprint density at radius 3 is 2.42 bits per heavy atom. The van der Waals surface area contributed by atoms with E-state index >= 15 is 0 Å². The van der Waals surface area contributed by atoms with Crippen molar-refractivity contribution in [2.24, 2.45) is 0 Å². The summed E-state index contributed by atoms with van der Waals surface area (Å²) in [6.07, 6.45) is -0.541. The van der Waals surface area contributed by atoms with Crippen LogP contribution in [0.1, 0.15) is 24.2 Å². The van der Waals surface area contributed by atoms with Crippen molar-refractivity contribution in [2.45, 2.75) is 19.6 Å². The second-order valence-electron chi connectivity index (χ2n) is 4.72. The van der Waals surface area contributed by atoms with Gasteiger partial charge in [-0.3, -0.25) is 0 Å². The molecule has 0 saturated carbocycles. The van der Waals surface area contributed by atoms with Gasteiger partial charge in [0.05, 0.1) is 6.10 Å². The van der Waals surface area contributed by atoms with Crippen molar-refractivity contribution >= 4 is 17.3 Å². The van der Waals surface area contributed by atoms with E-state index in [9.17, 15) is 5.11 Å². The van der Waals surface area contributed by atoms with E-state index in [1.807, 2.05) is 43.4 Å². The van der Waals surface area contributed by atoms with E-state index in [0.29, 0.717) is 5.02 Å². The Bertz CT molecular complexity index is 540. The molecule has 0 saturated heterocycles. The number of hydrogen-bond acceptors (Lipinski definition) is 2. The molecule has 3 heteroatoms. The highest BCUT2D eigenvalue weighted by Gasteiger charge is 2.09. The van der Waals surface area contributed by atoms with Gasteiger partial charge in [-0.2, -0.15) is 0 Å². The molecular weight excluding hydrogens is 258 g/mol. The van der Waals surface area contributed by atoms with Crippen LogP contribution in [0.4, 0.5) is 5.69 Å². The Kier molecular flexibility index (Phi) is 4.46. The monoisotopic (exact) mass is 275 g/mol. The van der Waals surface area contributed by atoms with Crippen molar-refractivity contribution in [3.05, 3.63) is 64.7 Å². The Morgan fingerprint density at radius 2 is 1.84 bits per heavy atom. The summed E-state index contributed by atoms with van der Waals surface area (Å²) < 4.78 is 0. The molecule has 0 aliphatic carbocycles. The summed E-state index contributed by atoms with van der Waals surface area (Å²) in [6, 6.07) is 16.0. The number of aliphatic hydroxyl groups is 1. The van der Waals surface area contributed by atoms with Gasteiger partial charge in [-0.1, -0.05) is 48.0 Å². The van der Waals surface area contributed by atoms with Crippen molar-refractivity contribution in [1.82, 2.24) is 0 Å². The van der Waals surface area contributed by atoms with E-state index in [2.05, 4.69) is 17.0 Å². The molecule has 2 aromatic carbocycles. The fraction of sp³-hybridized carbons (Fsp3) is 0.250. The van der Waals surface area contributed by atoms with Gasteiger partial charge in [-0.25, -0.2) is 0 Å². The Morgan fingerprint density at radius 1 is 1.16 bits per heavy atom. The first kappa shape index (κ1) is 13.9. The molecule has 1 unspecified atom stereocenters. The third kappa shape index (κ3) is 3.49. The zero-order valence-electron chi connectivity index (χ0n) is 11.2. The fourth-order valence-electron chi connectivity index (χ4n) is 2.04. The molecular formula is C16H18ClNO. The van der Waals surface area contributed by atoms with Gasteiger partial charge >= 0.3 is 0 Å². The number of benzene rings is 2. The molecule has 0 spiro atoms. The van der Waals surface area contributed by atoms with Crippen molar-refractivity contribution in [3.8, 4) is 0 Å². The first-order chi connectivity index (χ1) is 9.08. The van der Waals surface area contributed by atoms with Crippen LogP contribution in [0, 0.1) is 0 Å². The summed E-state index contributed by atoms with van der Waals surface area (Å²) in [6.45, 7) is 2.54. The number of halogens is 1. The van der Waals surface area contributed by atoms with Crippen LogP contribution < -0.4 is 4.90 Å². The predicted octanol–water partition coefficient (Wildman–Crippen LogP) is 4.03. The maximum atomic E-state index is 9.57. The van der Waals surface area contributed by atoms with E-state index in [0.717, 1.165) is 17.8 Å². The number of aliphatic hydroxyl groups excluding tert-OH is 1. The normalized spacial score (nSPS) is 12.2. The Labute approximate surface area is 119 Å². The van der Waals surface area contributed by atoms with Crippen LogP contribution >= 0.6 is 11.6 Å². The lowest BCUT2D eigenvalue weighted by molar-refractivity contribution is 0.199.